The Kier molecular flexibility index (Phi) is 70.6. The Hall–Kier alpha value is -1.94. The third-order valence-corrected chi connectivity index (χ3v) is 22.3. The lowest BCUT2D eigenvalue weighted by Crippen LogP contribution is -2.30. The molecule has 6 unspecified atom stereocenters. The van der Waals surface area contributed by atoms with Crippen LogP contribution in [0.4, 0.5) is 0 Å². The first kappa shape index (κ1) is 100. The van der Waals surface area contributed by atoms with Gasteiger partial charge in [-0.15, -0.1) is 0 Å². The number of aliphatic hydroxyl groups is 1. The van der Waals surface area contributed by atoms with Gasteiger partial charge in [0.2, 0.25) is 0 Å². The molecule has 0 bridgehead atoms. The number of ether oxygens (including phenoxy) is 4. The van der Waals surface area contributed by atoms with Crippen molar-refractivity contribution in [2.45, 2.75) is 446 Å². The number of hydrogen-bond acceptors (Lipinski definition) is 15. The molecule has 0 fully saturated rings. The first-order chi connectivity index (χ1) is 49.2. The number of phosphoric acid groups is 2. The van der Waals surface area contributed by atoms with E-state index < -0.39 is 97.5 Å². The van der Waals surface area contributed by atoms with Crippen LogP contribution < -0.4 is 0 Å². The quantitative estimate of drug-likeness (QED) is 0.0222. The van der Waals surface area contributed by atoms with Crippen LogP contribution in [0, 0.1) is 23.7 Å². The lowest BCUT2D eigenvalue weighted by molar-refractivity contribution is -0.161. The van der Waals surface area contributed by atoms with E-state index in [1.54, 1.807) is 0 Å². The minimum atomic E-state index is -4.96. The zero-order chi connectivity index (χ0) is 75.3. The molecule has 0 saturated heterocycles. The van der Waals surface area contributed by atoms with Crippen molar-refractivity contribution in [1.82, 2.24) is 0 Å². The molecule has 0 aromatic heterocycles. The summed E-state index contributed by atoms with van der Waals surface area (Å²) in [6, 6.07) is 0. The number of carbonyl (C=O) groups excluding carboxylic acids is 4. The van der Waals surface area contributed by atoms with Gasteiger partial charge in [-0.3, -0.25) is 37.3 Å². The maximum Gasteiger partial charge on any atom is 0.472 e. The molecule has 0 radical (unpaired) electrons. The molecule has 0 saturated carbocycles. The van der Waals surface area contributed by atoms with Crippen LogP contribution in [-0.2, 0) is 65.4 Å². The molecule has 0 aliphatic rings. The third-order valence-electron chi connectivity index (χ3n) is 20.4. The predicted octanol–water partition coefficient (Wildman–Crippen LogP) is 24.8. The minimum Gasteiger partial charge on any atom is -0.462 e. The van der Waals surface area contributed by atoms with Crippen molar-refractivity contribution in [1.29, 1.82) is 0 Å². The molecule has 17 nitrogen and oxygen atoms in total. The Morgan fingerprint density at radius 3 is 0.696 bits per heavy atom. The number of carbonyl (C=O) groups is 4. The monoisotopic (exact) mass is 1490 g/mol. The molecule has 0 aliphatic carbocycles. The van der Waals surface area contributed by atoms with E-state index in [2.05, 4.69) is 55.4 Å². The maximum absolute atomic E-state index is 13.1. The molecular formula is C83H162O17P2. The molecule has 19 heteroatoms. The maximum atomic E-state index is 13.1. The van der Waals surface area contributed by atoms with E-state index in [0.717, 1.165) is 114 Å². The normalized spacial score (nSPS) is 14.8. The smallest absolute Gasteiger partial charge is 0.462 e. The van der Waals surface area contributed by atoms with Gasteiger partial charge in [-0.2, -0.15) is 0 Å². The Bertz CT molecular complexity index is 1990. The van der Waals surface area contributed by atoms with Gasteiger partial charge in [0.15, 0.2) is 12.2 Å². The number of aliphatic hydroxyl groups excluding tert-OH is 1. The number of phosphoric ester groups is 2. The van der Waals surface area contributed by atoms with Crippen LogP contribution >= 0.6 is 15.6 Å². The highest BCUT2D eigenvalue weighted by atomic mass is 31.2. The lowest BCUT2D eigenvalue weighted by atomic mass is 9.99. The fraction of sp³-hybridized carbons (Fsp3) is 0.952. The summed E-state index contributed by atoms with van der Waals surface area (Å²) < 4.78 is 68.7. The van der Waals surface area contributed by atoms with Crippen LogP contribution in [0.15, 0.2) is 0 Å². The molecular weight excluding hydrogens is 1330 g/mol. The Labute approximate surface area is 626 Å². The first-order valence-electron chi connectivity index (χ1n) is 42.8. The average Bonchev–Trinajstić information content (AvgIpc) is 0.914. The SMILES string of the molecule is CCC(C)CCCCCCCCCCCCCCCCCCCCC(=O)O[C@H](COC(=O)CCCCCCCCCCC(C)CC)COP(=O)(O)OCC(O)COP(=O)(O)OC[C@@H](COC(=O)CCCCCCCCCC(C)C)OC(=O)CCCCCCCCCCCCCCCCC(C)CC. The third kappa shape index (κ3) is 72.3. The van der Waals surface area contributed by atoms with Crippen molar-refractivity contribution in [3.05, 3.63) is 0 Å². The van der Waals surface area contributed by atoms with Crippen molar-refractivity contribution in [2.24, 2.45) is 23.7 Å². The highest BCUT2D eigenvalue weighted by Gasteiger charge is 2.30. The molecule has 0 aromatic carbocycles. The van der Waals surface area contributed by atoms with Crippen LogP contribution in [-0.4, -0.2) is 96.7 Å². The zero-order valence-electron chi connectivity index (χ0n) is 67.2. The first-order valence-corrected chi connectivity index (χ1v) is 45.8. The van der Waals surface area contributed by atoms with Crippen molar-refractivity contribution in [2.75, 3.05) is 39.6 Å². The molecule has 0 aromatic rings. The van der Waals surface area contributed by atoms with Crippen LogP contribution in [0.1, 0.15) is 428 Å². The van der Waals surface area contributed by atoms with Gasteiger partial charge in [0.05, 0.1) is 26.4 Å². The van der Waals surface area contributed by atoms with Crippen LogP contribution in [0.25, 0.3) is 0 Å². The second-order valence-corrected chi connectivity index (χ2v) is 34.0. The van der Waals surface area contributed by atoms with Gasteiger partial charge < -0.3 is 33.8 Å². The van der Waals surface area contributed by atoms with Gasteiger partial charge in [0.1, 0.15) is 19.3 Å². The van der Waals surface area contributed by atoms with E-state index in [-0.39, 0.29) is 25.7 Å². The lowest BCUT2D eigenvalue weighted by Gasteiger charge is -2.21. The van der Waals surface area contributed by atoms with Gasteiger partial charge in [0.25, 0.3) is 0 Å². The highest BCUT2D eigenvalue weighted by molar-refractivity contribution is 7.47. The van der Waals surface area contributed by atoms with Crippen LogP contribution in [0.2, 0.25) is 0 Å². The van der Waals surface area contributed by atoms with Gasteiger partial charge in [-0.25, -0.2) is 9.13 Å². The molecule has 102 heavy (non-hydrogen) atoms. The average molecular weight is 1490 g/mol. The summed E-state index contributed by atoms with van der Waals surface area (Å²) >= 11 is 0. The fourth-order valence-electron chi connectivity index (χ4n) is 12.7. The van der Waals surface area contributed by atoms with Crippen LogP contribution in [0.5, 0.6) is 0 Å². The second kappa shape index (κ2) is 72.0. The van der Waals surface area contributed by atoms with Crippen molar-refractivity contribution in [3.63, 3.8) is 0 Å². The molecule has 8 atom stereocenters. The van der Waals surface area contributed by atoms with Crippen molar-refractivity contribution in [3.8, 4) is 0 Å². The summed E-state index contributed by atoms with van der Waals surface area (Å²) in [5, 5.41) is 10.6. The van der Waals surface area contributed by atoms with Gasteiger partial charge >= 0.3 is 39.5 Å². The van der Waals surface area contributed by atoms with Crippen molar-refractivity contribution >= 4 is 39.5 Å². The van der Waals surface area contributed by atoms with E-state index in [0.29, 0.717) is 31.6 Å². The van der Waals surface area contributed by atoms with E-state index in [1.165, 1.54) is 225 Å². The summed E-state index contributed by atoms with van der Waals surface area (Å²) in [5.74, 6) is 1.09. The molecule has 606 valence electrons. The van der Waals surface area contributed by atoms with E-state index in [9.17, 15) is 43.2 Å². The molecule has 0 aliphatic heterocycles. The molecule has 0 spiro atoms. The zero-order valence-corrected chi connectivity index (χ0v) is 69.0. The highest BCUT2D eigenvalue weighted by Crippen LogP contribution is 2.45. The number of esters is 4. The largest absolute Gasteiger partial charge is 0.472 e. The van der Waals surface area contributed by atoms with E-state index >= 15 is 0 Å². The summed E-state index contributed by atoms with van der Waals surface area (Å²) in [6.45, 7) is 14.3. The second-order valence-electron chi connectivity index (χ2n) is 31.1. The Morgan fingerprint density at radius 2 is 0.471 bits per heavy atom. The predicted molar refractivity (Wildman–Crippen MR) is 418 cm³/mol. The Balaban J connectivity index is 5.20. The molecule has 0 rings (SSSR count). The standard InChI is InChI=1S/C83H162O17P2/c1-9-74(6)60-52-44-36-28-24-20-16-14-12-13-15-17-22-26-30-40-49-57-65-82(87)99-78(69-93-80(85)63-55-47-39-33-32-38-46-54-62-76(8)11-3)71-97-101(89,90)95-67-77(84)68-96-102(91,92)98-72-79(70-94-81(86)64-56-48-42-34-35-43-51-59-73(4)5)100-83(88)66-58-50-41-31-27-23-19-18-21-25-29-37-45-53-61-75(7)10-2/h73-79,84H,9-72H2,1-8H3,(H,89,90)(H,91,92)/t74?,75?,76?,77?,78-,79-/m1/s1. The van der Waals surface area contributed by atoms with Crippen molar-refractivity contribution < 1.29 is 80.2 Å². The van der Waals surface area contributed by atoms with Gasteiger partial charge in [-0.1, -0.05) is 376 Å². The topological polar surface area (TPSA) is 237 Å². The molecule has 3 N–H and O–H groups in total. The van der Waals surface area contributed by atoms with E-state index in [4.69, 9.17) is 37.0 Å². The number of unbranched alkanes of at least 4 members (excludes halogenated alkanes) is 43. The fourth-order valence-corrected chi connectivity index (χ4v) is 14.3. The summed E-state index contributed by atoms with van der Waals surface area (Å²) in [5.41, 5.74) is 0. The summed E-state index contributed by atoms with van der Waals surface area (Å²) in [4.78, 5) is 73.1. The summed E-state index contributed by atoms with van der Waals surface area (Å²) in [7, 11) is -9.92. The Morgan fingerprint density at radius 1 is 0.275 bits per heavy atom. The number of rotatable bonds is 80. The summed E-state index contributed by atoms with van der Waals surface area (Å²) in [6.07, 6.45) is 59.7. The van der Waals surface area contributed by atoms with Gasteiger partial charge in [0, 0.05) is 25.7 Å². The van der Waals surface area contributed by atoms with Crippen LogP contribution in [0.3, 0.4) is 0 Å². The molecule has 0 heterocycles. The molecule has 0 amide bonds. The van der Waals surface area contributed by atoms with E-state index in [1.807, 2.05) is 0 Å². The number of hydrogen-bond donors (Lipinski definition) is 3. The minimum absolute atomic E-state index is 0.107. The van der Waals surface area contributed by atoms with Gasteiger partial charge in [-0.05, 0) is 49.4 Å².